The van der Waals surface area contributed by atoms with Crippen LogP contribution in [0.3, 0.4) is 0 Å². The van der Waals surface area contributed by atoms with Crippen molar-refractivity contribution in [1.82, 2.24) is 4.90 Å². The van der Waals surface area contributed by atoms with Crippen molar-refractivity contribution < 1.29 is 41.9 Å². The Hall–Kier alpha value is 0.194. The summed E-state index contributed by atoms with van der Waals surface area (Å²) >= 11 is 2.14. The molecule has 1 radical (unpaired) electrons. The smallest absolute Gasteiger partial charge is 0.235 e. The molecule has 0 N–H and O–H groups in total. The molecule has 2 nitrogen and oxygen atoms in total. The van der Waals surface area contributed by atoms with E-state index < -0.39 is 0 Å². The third kappa shape index (κ3) is 3.64. The summed E-state index contributed by atoms with van der Waals surface area (Å²) in [5.41, 5.74) is 2.50. The van der Waals surface area contributed by atoms with E-state index in [-0.39, 0.29) is 48.4 Å². The van der Waals surface area contributed by atoms with Crippen LogP contribution in [-0.2, 0) is 37.5 Å². The molecule has 1 aliphatic rings. The number of carbonyl (C=O) groups is 1. The summed E-state index contributed by atoms with van der Waals surface area (Å²) in [6.07, 6.45) is 3.88. The fraction of sp³-hybridized carbons (Fsp3) is 0.357. The van der Waals surface area contributed by atoms with Gasteiger partial charge in [-0.15, -0.1) is 22.9 Å². The number of hydrogen-bond donors (Lipinski definition) is 0. The van der Waals surface area contributed by atoms with Gasteiger partial charge in [-0.1, -0.05) is 35.9 Å². The van der Waals surface area contributed by atoms with Crippen molar-refractivity contribution in [2.75, 3.05) is 6.54 Å². The van der Waals surface area contributed by atoms with E-state index in [1.807, 2.05) is 13.8 Å². The zero-order chi connectivity index (χ0) is 13.3. The minimum Gasteiger partial charge on any atom is -0.347 e. The molecular formula is C14H14FINOY-. The first-order chi connectivity index (χ1) is 8.54. The second kappa shape index (κ2) is 7.27. The summed E-state index contributed by atoms with van der Waals surface area (Å²) in [6.45, 7) is 4.39. The minimum absolute atomic E-state index is 0. The molecule has 2 rings (SSSR count). The van der Waals surface area contributed by atoms with Crippen molar-refractivity contribution in [1.29, 1.82) is 0 Å². The van der Waals surface area contributed by atoms with Crippen molar-refractivity contribution in [3.8, 4) is 0 Å². The molecule has 0 bridgehead atoms. The van der Waals surface area contributed by atoms with E-state index in [0.29, 0.717) is 13.0 Å². The molecule has 0 aliphatic carbocycles. The Kier molecular flexibility index (Phi) is 6.60. The second-order valence-electron chi connectivity index (χ2n) is 4.24. The molecule has 1 heterocycles. The minimum atomic E-state index is -0.256. The largest absolute Gasteiger partial charge is 0.347 e. The first-order valence-electron chi connectivity index (χ1n) is 5.87. The summed E-state index contributed by atoms with van der Waals surface area (Å²) in [5.74, 6) is -0.149. The standard InChI is InChI=1S/C14H14FINO.Y/c1-3-17-13(7-6-12(16)14(17)18)11-5-4-10(15)8-9(11)2;/h4-5,8,12H,3,6H2,1-2H3;/q-1;. The molecule has 1 aromatic carbocycles. The van der Waals surface area contributed by atoms with E-state index >= 15 is 0 Å². The van der Waals surface area contributed by atoms with Gasteiger partial charge < -0.3 is 4.90 Å². The van der Waals surface area contributed by atoms with Crippen LogP contribution in [0.5, 0.6) is 0 Å². The maximum atomic E-state index is 13.1. The fourth-order valence-electron chi connectivity index (χ4n) is 2.10. The van der Waals surface area contributed by atoms with Gasteiger partial charge in [-0.25, -0.2) is 10.5 Å². The molecule has 0 fully saturated rings. The monoisotopic (exact) mass is 447 g/mol. The SMILES string of the molecule is CCN1C(=O)C(I)C[C-]=C1c1ccc(F)cc1C.[Y]. The van der Waals surface area contributed by atoms with Crippen molar-refractivity contribution >= 4 is 34.2 Å². The number of amides is 1. The van der Waals surface area contributed by atoms with Crippen LogP contribution < -0.4 is 0 Å². The molecule has 1 atom stereocenters. The molecule has 0 spiro atoms. The summed E-state index contributed by atoms with van der Waals surface area (Å²) in [7, 11) is 0. The maximum absolute atomic E-state index is 13.1. The molecule has 5 heteroatoms. The summed E-state index contributed by atoms with van der Waals surface area (Å²) in [5, 5.41) is 0. The number of benzene rings is 1. The van der Waals surface area contributed by atoms with E-state index in [2.05, 4.69) is 28.7 Å². The van der Waals surface area contributed by atoms with Gasteiger partial charge in [-0.3, -0.25) is 4.79 Å². The number of aryl methyl sites for hydroxylation is 1. The summed E-state index contributed by atoms with van der Waals surface area (Å²) < 4.78 is 13.1. The molecular weight excluding hydrogens is 433 g/mol. The zero-order valence-corrected chi connectivity index (χ0v) is 15.9. The topological polar surface area (TPSA) is 20.3 Å². The predicted octanol–water partition coefficient (Wildman–Crippen LogP) is 3.33. The van der Waals surface area contributed by atoms with E-state index in [4.69, 9.17) is 0 Å². The number of allylic oxidation sites excluding steroid dienone is 1. The second-order valence-corrected chi connectivity index (χ2v) is 5.74. The number of rotatable bonds is 2. The van der Waals surface area contributed by atoms with Crippen molar-refractivity contribution in [3.63, 3.8) is 0 Å². The number of alkyl halides is 1. The van der Waals surface area contributed by atoms with Crippen LogP contribution in [0, 0.1) is 18.8 Å². The van der Waals surface area contributed by atoms with Gasteiger partial charge in [0, 0.05) is 39.3 Å². The Bertz CT molecular complexity index is 518. The number of hydrogen-bond acceptors (Lipinski definition) is 1. The normalized spacial score (nSPS) is 18.9. The number of carbonyl (C=O) groups excluding carboxylic acids is 1. The average molecular weight is 447 g/mol. The first-order valence-corrected chi connectivity index (χ1v) is 7.12. The molecule has 0 saturated heterocycles. The van der Waals surface area contributed by atoms with Gasteiger partial charge >= 0.3 is 0 Å². The Morgan fingerprint density at radius 3 is 2.79 bits per heavy atom. The quantitative estimate of drug-likeness (QED) is 0.387. The maximum Gasteiger partial charge on any atom is 0.235 e. The first kappa shape index (κ1) is 17.2. The Balaban J connectivity index is 0.00000180. The zero-order valence-electron chi connectivity index (χ0n) is 10.9. The molecule has 0 aromatic heterocycles. The van der Waals surface area contributed by atoms with Crippen LogP contribution in [0.25, 0.3) is 5.70 Å². The van der Waals surface area contributed by atoms with E-state index in [1.54, 1.807) is 11.0 Å². The van der Waals surface area contributed by atoms with Crippen molar-refractivity contribution in [2.45, 2.75) is 24.2 Å². The van der Waals surface area contributed by atoms with Crippen LogP contribution >= 0.6 is 22.6 Å². The van der Waals surface area contributed by atoms with Crippen LogP contribution in [0.15, 0.2) is 18.2 Å². The van der Waals surface area contributed by atoms with Gasteiger partial charge in [-0.05, 0) is 19.1 Å². The molecule has 99 valence electrons. The molecule has 19 heavy (non-hydrogen) atoms. The average Bonchev–Trinajstić information content (AvgIpc) is 2.33. The molecule has 1 aromatic rings. The van der Waals surface area contributed by atoms with E-state index in [0.717, 1.165) is 16.8 Å². The third-order valence-corrected chi connectivity index (χ3v) is 3.99. The molecule has 1 aliphatic heterocycles. The van der Waals surface area contributed by atoms with Crippen LogP contribution in [0.4, 0.5) is 4.39 Å². The van der Waals surface area contributed by atoms with Gasteiger partial charge in [0.15, 0.2) is 0 Å². The van der Waals surface area contributed by atoms with E-state index in [9.17, 15) is 9.18 Å². The van der Waals surface area contributed by atoms with Gasteiger partial charge in [0.25, 0.3) is 0 Å². The van der Waals surface area contributed by atoms with Gasteiger partial charge in [0.2, 0.25) is 5.91 Å². The molecule has 0 saturated carbocycles. The van der Waals surface area contributed by atoms with Gasteiger partial charge in [0.05, 0.1) is 3.92 Å². The molecule has 1 unspecified atom stereocenters. The van der Waals surface area contributed by atoms with Crippen molar-refractivity contribution in [3.05, 3.63) is 41.2 Å². The van der Waals surface area contributed by atoms with Crippen molar-refractivity contribution in [2.24, 2.45) is 0 Å². The van der Waals surface area contributed by atoms with Gasteiger partial charge in [-0.2, -0.15) is 0 Å². The Labute approximate surface area is 151 Å². The number of nitrogens with zero attached hydrogens (tertiary/aromatic N) is 1. The van der Waals surface area contributed by atoms with Gasteiger partial charge in [0.1, 0.15) is 5.82 Å². The van der Waals surface area contributed by atoms with Crippen LogP contribution in [0.1, 0.15) is 24.5 Å². The summed E-state index contributed by atoms with van der Waals surface area (Å²) in [4.78, 5) is 13.8. The Morgan fingerprint density at radius 1 is 1.53 bits per heavy atom. The third-order valence-electron chi connectivity index (χ3n) is 3.01. The van der Waals surface area contributed by atoms with Crippen LogP contribution in [0.2, 0.25) is 0 Å². The van der Waals surface area contributed by atoms with E-state index in [1.165, 1.54) is 12.1 Å². The molecule has 1 amide bonds. The predicted molar refractivity (Wildman–Crippen MR) is 77.6 cm³/mol. The Morgan fingerprint density at radius 2 is 2.21 bits per heavy atom. The fourth-order valence-corrected chi connectivity index (χ4v) is 2.65. The van der Waals surface area contributed by atoms with Crippen LogP contribution in [-0.4, -0.2) is 21.3 Å². The number of halogens is 2. The summed E-state index contributed by atoms with van der Waals surface area (Å²) in [6, 6.07) is 4.63.